The second-order valence-corrected chi connectivity index (χ2v) is 2.78. The lowest BCUT2D eigenvalue weighted by molar-refractivity contribution is 0.321. The molecule has 0 amide bonds. The summed E-state index contributed by atoms with van der Waals surface area (Å²) in [6.07, 6.45) is 0. The topological polar surface area (TPSA) is 32.6 Å². The van der Waals surface area contributed by atoms with Crippen molar-refractivity contribution >= 4 is 28.4 Å². The maximum atomic E-state index is 12.6. The predicted molar refractivity (Wildman–Crippen MR) is 45.6 cm³/mol. The second-order valence-electron chi connectivity index (χ2n) is 2.02. The minimum atomic E-state index is -0.539. The number of hydrogen-bond donors (Lipinski definition) is 1. The minimum absolute atomic E-state index is 0.0608. The zero-order valence-corrected chi connectivity index (χ0v) is 7.27. The quantitative estimate of drug-likeness (QED) is 0.429. The van der Waals surface area contributed by atoms with Crippen LogP contribution in [0.3, 0.4) is 0 Å². The Balaban J connectivity index is 3.13. The van der Waals surface area contributed by atoms with E-state index in [1.165, 1.54) is 12.1 Å². The molecule has 0 aliphatic heterocycles. The molecule has 0 bridgehead atoms. The van der Waals surface area contributed by atoms with Gasteiger partial charge in [0.25, 0.3) is 0 Å². The zero-order chi connectivity index (χ0) is 9.14. The number of hydrogen-bond acceptors (Lipinski definition) is 2. The SMILES string of the molecule is O/N=C(\Cl)c1ccc(F)c(Cl)c1. The lowest BCUT2D eigenvalue weighted by atomic mass is 10.2. The third-order valence-electron chi connectivity index (χ3n) is 1.25. The van der Waals surface area contributed by atoms with E-state index < -0.39 is 5.82 Å². The van der Waals surface area contributed by atoms with E-state index in [4.69, 9.17) is 28.4 Å². The van der Waals surface area contributed by atoms with E-state index in [9.17, 15) is 4.39 Å². The molecule has 2 nitrogen and oxygen atoms in total. The molecular formula is C7H4Cl2FNO. The number of nitrogens with zero attached hydrogens (tertiary/aromatic N) is 1. The first-order chi connectivity index (χ1) is 5.65. The average Bonchev–Trinajstić information content (AvgIpc) is 2.08. The van der Waals surface area contributed by atoms with Crippen molar-refractivity contribution in [1.29, 1.82) is 0 Å². The Morgan fingerprint density at radius 1 is 1.50 bits per heavy atom. The van der Waals surface area contributed by atoms with Crippen LogP contribution in [-0.4, -0.2) is 10.4 Å². The molecule has 12 heavy (non-hydrogen) atoms. The standard InChI is InChI=1S/C7H4Cl2FNO/c8-5-3-4(7(9)11-12)1-2-6(5)10/h1-3,12H/b11-7-. The van der Waals surface area contributed by atoms with Gasteiger partial charge in [0.1, 0.15) is 5.82 Å². The van der Waals surface area contributed by atoms with Crippen molar-refractivity contribution in [1.82, 2.24) is 0 Å². The van der Waals surface area contributed by atoms with Gasteiger partial charge in [-0.1, -0.05) is 28.4 Å². The van der Waals surface area contributed by atoms with Gasteiger partial charge in [0.2, 0.25) is 0 Å². The van der Waals surface area contributed by atoms with Crippen LogP contribution in [0.2, 0.25) is 5.02 Å². The molecule has 1 N–H and O–H groups in total. The maximum Gasteiger partial charge on any atom is 0.175 e. The molecule has 0 radical (unpaired) electrons. The smallest absolute Gasteiger partial charge is 0.175 e. The Labute approximate surface area is 78.2 Å². The van der Waals surface area contributed by atoms with Crippen molar-refractivity contribution in [2.45, 2.75) is 0 Å². The predicted octanol–water partition coefficient (Wildman–Crippen LogP) is 2.85. The van der Waals surface area contributed by atoms with Crippen LogP contribution < -0.4 is 0 Å². The highest BCUT2D eigenvalue weighted by atomic mass is 35.5. The van der Waals surface area contributed by atoms with Gasteiger partial charge < -0.3 is 5.21 Å². The van der Waals surface area contributed by atoms with Crippen LogP contribution in [0.15, 0.2) is 23.4 Å². The van der Waals surface area contributed by atoms with E-state index in [-0.39, 0.29) is 10.2 Å². The van der Waals surface area contributed by atoms with Gasteiger partial charge in [-0.05, 0) is 18.2 Å². The van der Waals surface area contributed by atoms with Crippen LogP contribution in [0.5, 0.6) is 0 Å². The molecule has 1 aromatic rings. The first kappa shape index (κ1) is 9.29. The van der Waals surface area contributed by atoms with E-state index in [0.717, 1.165) is 6.07 Å². The van der Waals surface area contributed by atoms with Crippen molar-refractivity contribution in [3.8, 4) is 0 Å². The summed E-state index contributed by atoms with van der Waals surface area (Å²) in [6, 6.07) is 3.79. The van der Waals surface area contributed by atoms with Crippen molar-refractivity contribution in [2.75, 3.05) is 0 Å². The molecule has 64 valence electrons. The molecule has 0 aromatic heterocycles. The van der Waals surface area contributed by atoms with Crippen molar-refractivity contribution in [3.63, 3.8) is 0 Å². The Morgan fingerprint density at radius 2 is 2.17 bits per heavy atom. The molecular weight excluding hydrogens is 204 g/mol. The Hall–Kier alpha value is -0.800. The molecule has 1 aromatic carbocycles. The second kappa shape index (κ2) is 3.74. The molecule has 1 rings (SSSR count). The van der Waals surface area contributed by atoms with Crippen molar-refractivity contribution in [2.24, 2.45) is 5.16 Å². The van der Waals surface area contributed by atoms with Gasteiger partial charge in [-0.15, -0.1) is 0 Å². The van der Waals surface area contributed by atoms with Crippen LogP contribution in [0.4, 0.5) is 4.39 Å². The van der Waals surface area contributed by atoms with Gasteiger partial charge in [0.05, 0.1) is 5.02 Å². The molecule has 0 heterocycles. The van der Waals surface area contributed by atoms with Gasteiger partial charge in [0, 0.05) is 5.56 Å². The summed E-state index contributed by atoms with van der Waals surface area (Å²) in [4.78, 5) is 0. The molecule has 0 saturated carbocycles. The van der Waals surface area contributed by atoms with Gasteiger partial charge >= 0.3 is 0 Å². The fourth-order valence-electron chi connectivity index (χ4n) is 0.682. The van der Waals surface area contributed by atoms with Gasteiger partial charge in [0.15, 0.2) is 5.17 Å². The Kier molecular flexibility index (Phi) is 2.89. The molecule has 0 aliphatic rings. The number of rotatable bonds is 1. The highest BCUT2D eigenvalue weighted by molar-refractivity contribution is 6.69. The number of halogens is 3. The average molecular weight is 208 g/mol. The summed E-state index contributed by atoms with van der Waals surface area (Å²) in [6.45, 7) is 0. The number of oxime groups is 1. The van der Waals surface area contributed by atoms with Gasteiger partial charge in [-0.3, -0.25) is 0 Å². The molecule has 5 heteroatoms. The Bertz CT molecular complexity index is 327. The van der Waals surface area contributed by atoms with Crippen LogP contribution in [0, 0.1) is 5.82 Å². The largest absolute Gasteiger partial charge is 0.410 e. The minimum Gasteiger partial charge on any atom is -0.410 e. The molecule has 0 fully saturated rings. The van der Waals surface area contributed by atoms with E-state index in [0.29, 0.717) is 5.56 Å². The molecule has 0 unspecified atom stereocenters. The summed E-state index contributed by atoms with van der Waals surface area (Å²) in [5.74, 6) is -0.539. The number of benzene rings is 1. The fourth-order valence-corrected chi connectivity index (χ4v) is 0.980. The third-order valence-corrected chi connectivity index (χ3v) is 1.83. The summed E-state index contributed by atoms with van der Waals surface area (Å²) in [7, 11) is 0. The monoisotopic (exact) mass is 207 g/mol. The zero-order valence-electron chi connectivity index (χ0n) is 5.76. The molecule has 0 aliphatic carbocycles. The van der Waals surface area contributed by atoms with Crippen molar-refractivity contribution < 1.29 is 9.60 Å². The highest BCUT2D eigenvalue weighted by Crippen LogP contribution is 2.17. The summed E-state index contributed by atoms with van der Waals surface area (Å²) < 4.78 is 12.6. The molecule has 0 saturated heterocycles. The van der Waals surface area contributed by atoms with E-state index >= 15 is 0 Å². The van der Waals surface area contributed by atoms with E-state index in [1.807, 2.05) is 0 Å². The van der Waals surface area contributed by atoms with Gasteiger partial charge in [-0.2, -0.15) is 0 Å². The maximum absolute atomic E-state index is 12.6. The lowest BCUT2D eigenvalue weighted by Crippen LogP contribution is -1.91. The summed E-state index contributed by atoms with van der Waals surface area (Å²) >= 11 is 10.9. The first-order valence-corrected chi connectivity index (χ1v) is 3.73. The van der Waals surface area contributed by atoms with E-state index in [1.54, 1.807) is 0 Å². The summed E-state index contributed by atoms with van der Waals surface area (Å²) in [5, 5.41) is 10.8. The van der Waals surface area contributed by atoms with Crippen LogP contribution >= 0.6 is 23.2 Å². The molecule has 0 atom stereocenters. The van der Waals surface area contributed by atoms with Gasteiger partial charge in [-0.25, -0.2) is 4.39 Å². The van der Waals surface area contributed by atoms with E-state index in [2.05, 4.69) is 5.16 Å². The molecule has 0 spiro atoms. The first-order valence-electron chi connectivity index (χ1n) is 2.98. The summed E-state index contributed by atoms with van der Waals surface area (Å²) in [5.41, 5.74) is 0.366. The Morgan fingerprint density at radius 3 is 2.67 bits per heavy atom. The van der Waals surface area contributed by atoms with Crippen LogP contribution in [0.1, 0.15) is 5.56 Å². The van der Waals surface area contributed by atoms with Crippen molar-refractivity contribution in [3.05, 3.63) is 34.6 Å². The third kappa shape index (κ3) is 1.87. The highest BCUT2D eigenvalue weighted by Gasteiger charge is 2.04. The fraction of sp³-hybridized carbons (Fsp3) is 0. The van der Waals surface area contributed by atoms with Crippen LogP contribution in [-0.2, 0) is 0 Å². The van der Waals surface area contributed by atoms with Crippen LogP contribution in [0.25, 0.3) is 0 Å². The lowest BCUT2D eigenvalue weighted by Gasteiger charge is -1.97. The normalized spacial score (nSPS) is 11.8.